The molecule has 0 aliphatic carbocycles. The van der Waals surface area contributed by atoms with Gasteiger partial charge >= 0.3 is 5.97 Å². The van der Waals surface area contributed by atoms with Crippen LogP contribution in [0.2, 0.25) is 0 Å². The lowest BCUT2D eigenvalue weighted by Gasteiger charge is -2.24. The van der Waals surface area contributed by atoms with E-state index < -0.39 is 18.2 Å². The Morgan fingerprint density at radius 1 is 0.475 bits per heavy atom. The van der Waals surface area contributed by atoms with E-state index in [1.807, 2.05) is 0 Å². The average molecular weight is 860 g/mol. The maximum atomic E-state index is 13.2. The highest BCUT2D eigenvalue weighted by molar-refractivity contribution is 5.77. The summed E-state index contributed by atoms with van der Waals surface area (Å²) in [5.41, 5.74) is 0. The van der Waals surface area contributed by atoms with Crippen molar-refractivity contribution in [3.8, 4) is 0 Å². The Morgan fingerprint density at radius 2 is 0.836 bits per heavy atom. The first-order valence-electron chi connectivity index (χ1n) is 27.1. The minimum Gasteiger partial charge on any atom is -0.462 e. The Balaban J connectivity index is 4.59. The van der Waals surface area contributed by atoms with Crippen LogP contribution in [-0.2, 0) is 14.3 Å². The SMILES string of the molecule is CCCCCCCC/C=C\C/C=C/CCC(=O)OC(CCCCCCCCCCCCCCCCCCC)CC(=O)NC(CO)C(O)CCCCCCCCCCCCCC. The van der Waals surface area contributed by atoms with Crippen LogP contribution in [0.3, 0.4) is 0 Å². The highest BCUT2D eigenvalue weighted by atomic mass is 16.5. The molecule has 0 aromatic heterocycles. The van der Waals surface area contributed by atoms with Gasteiger partial charge in [-0.05, 0) is 44.9 Å². The van der Waals surface area contributed by atoms with Crippen molar-refractivity contribution in [3.05, 3.63) is 24.3 Å². The van der Waals surface area contributed by atoms with Crippen LogP contribution in [0.15, 0.2) is 24.3 Å². The van der Waals surface area contributed by atoms with Gasteiger partial charge in [0.2, 0.25) is 5.91 Å². The highest BCUT2D eigenvalue weighted by Gasteiger charge is 2.24. The first kappa shape index (κ1) is 59.3. The quantitative estimate of drug-likeness (QED) is 0.0322. The number of nitrogens with one attached hydrogen (secondary N) is 1. The van der Waals surface area contributed by atoms with Crippen LogP contribution >= 0.6 is 0 Å². The number of allylic oxidation sites excluding steroid dienone is 4. The van der Waals surface area contributed by atoms with Gasteiger partial charge in [0.1, 0.15) is 6.10 Å². The summed E-state index contributed by atoms with van der Waals surface area (Å²) in [6, 6.07) is -0.707. The second-order valence-corrected chi connectivity index (χ2v) is 18.6. The smallest absolute Gasteiger partial charge is 0.306 e. The van der Waals surface area contributed by atoms with Gasteiger partial charge in [-0.15, -0.1) is 0 Å². The van der Waals surface area contributed by atoms with E-state index in [4.69, 9.17) is 4.74 Å². The van der Waals surface area contributed by atoms with Gasteiger partial charge in [0.15, 0.2) is 0 Å². The van der Waals surface area contributed by atoms with E-state index in [0.29, 0.717) is 25.7 Å². The molecule has 0 rings (SSSR count). The predicted octanol–water partition coefficient (Wildman–Crippen LogP) is 16.3. The van der Waals surface area contributed by atoms with Gasteiger partial charge in [-0.25, -0.2) is 0 Å². The summed E-state index contributed by atoms with van der Waals surface area (Å²) >= 11 is 0. The lowest BCUT2D eigenvalue weighted by atomic mass is 10.0. The highest BCUT2D eigenvalue weighted by Crippen LogP contribution is 2.18. The fourth-order valence-corrected chi connectivity index (χ4v) is 8.43. The van der Waals surface area contributed by atoms with E-state index in [1.165, 1.54) is 193 Å². The van der Waals surface area contributed by atoms with Crippen molar-refractivity contribution in [1.29, 1.82) is 0 Å². The van der Waals surface area contributed by atoms with Crippen molar-refractivity contribution < 1.29 is 24.5 Å². The maximum absolute atomic E-state index is 13.2. The molecular weight excluding hydrogens is 755 g/mol. The minimum atomic E-state index is -0.791. The second-order valence-electron chi connectivity index (χ2n) is 18.6. The van der Waals surface area contributed by atoms with E-state index in [-0.39, 0.29) is 24.9 Å². The normalized spacial score (nSPS) is 13.3. The molecule has 360 valence electrons. The number of rotatable bonds is 49. The summed E-state index contributed by atoms with van der Waals surface area (Å²) in [7, 11) is 0. The fourth-order valence-electron chi connectivity index (χ4n) is 8.43. The van der Waals surface area contributed by atoms with E-state index in [2.05, 4.69) is 50.4 Å². The maximum Gasteiger partial charge on any atom is 0.306 e. The van der Waals surface area contributed by atoms with Gasteiger partial charge in [-0.2, -0.15) is 0 Å². The number of hydrogen-bond acceptors (Lipinski definition) is 5. The number of aliphatic hydroxyl groups excluding tert-OH is 2. The Morgan fingerprint density at radius 3 is 1.25 bits per heavy atom. The summed E-state index contributed by atoms with van der Waals surface area (Å²) in [6.07, 6.45) is 56.8. The van der Waals surface area contributed by atoms with Crippen LogP contribution in [0.5, 0.6) is 0 Å². The summed E-state index contributed by atoms with van der Waals surface area (Å²) in [5.74, 6) is -0.538. The van der Waals surface area contributed by atoms with E-state index >= 15 is 0 Å². The van der Waals surface area contributed by atoms with E-state index in [1.54, 1.807) is 0 Å². The van der Waals surface area contributed by atoms with Crippen LogP contribution in [0.25, 0.3) is 0 Å². The van der Waals surface area contributed by atoms with Crippen LogP contribution in [0.4, 0.5) is 0 Å². The van der Waals surface area contributed by atoms with Crippen LogP contribution in [0.1, 0.15) is 290 Å². The largest absolute Gasteiger partial charge is 0.462 e. The topological polar surface area (TPSA) is 95.9 Å². The third kappa shape index (κ3) is 44.7. The van der Waals surface area contributed by atoms with Gasteiger partial charge in [-0.1, -0.05) is 257 Å². The lowest BCUT2D eigenvalue weighted by Crippen LogP contribution is -2.46. The predicted molar refractivity (Wildman–Crippen MR) is 264 cm³/mol. The number of aliphatic hydroxyl groups is 2. The molecule has 0 aliphatic heterocycles. The van der Waals surface area contributed by atoms with E-state index in [9.17, 15) is 19.8 Å². The molecule has 0 saturated heterocycles. The molecule has 6 nitrogen and oxygen atoms in total. The number of carbonyl (C=O) groups is 2. The second kappa shape index (κ2) is 49.4. The van der Waals surface area contributed by atoms with Crippen molar-refractivity contribution in [3.63, 3.8) is 0 Å². The zero-order valence-corrected chi connectivity index (χ0v) is 41.1. The Hall–Kier alpha value is -1.66. The van der Waals surface area contributed by atoms with Gasteiger partial charge in [0, 0.05) is 6.42 Å². The molecule has 0 bridgehead atoms. The summed E-state index contributed by atoms with van der Waals surface area (Å²) < 4.78 is 5.91. The molecule has 6 heteroatoms. The molecule has 3 N–H and O–H groups in total. The monoisotopic (exact) mass is 860 g/mol. The third-order valence-electron chi connectivity index (χ3n) is 12.5. The van der Waals surface area contributed by atoms with Gasteiger partial charge in [-0.3, -0.25) is 9.59 Å². The molecule has 3 atom stereocenters. The van der Waals surface area contributed by atoms with Gasteiger partial charge < -0.3 is 20.3 Å². The zero-order chi connectivity index (χ0) is 44.5. The molecule has 0 aromatic carbocycles. The molecule has 3 unspecified atom stereocenters. The first-order chi connectivity index (χ1) is 30.0. The number of esters is 1. The first-order valence-corrected chi connectivity index (χ1v) is 27.1. The van der Waals surface area contributed by atoms with Gasteiger partial charge in [0.05, 0.1) is 25.2 Å². The van der Waals surface area contributed by atoms with Crippen LogP contribution in [0, 0.1) is 0 Å². The summed E-state index contributed by atoms with van der Waals surface area (Å²) in [4.78, 5) is 26.1. The fraction of sp³-hybridized carbons (Fsp3) is 0.891. The molecule has 0 spiro atoms. The molecule has 0 heterocycles. The zero-order valence-electron chi connectivity index (χ0n) is 41.1. The summed E-state index contributed by atoms with van der Waals surface area (Å²) in [5, 5.41) is 23.8. The number of amides is 1. The molecule has 1 amide bonds. The number of carbonyl (C=O) groups excluding carboxylic acids is 2. The molecular formula is C55H105NO5. The molecule has 0 aliphatic rings. The average Bonchev–Trinajstić information content (AvgIpc) is 3.25. The third-order valence-corrected chi connectivity index (χ3v) is 12.5. The van der Waals surface area contributed by atoms with Crippen molar-refractivity contribution in [1.82, 2.24) is 5.32 Å². The minimum absolute atomic E-state index is 0.0612. The van der Waals surface area contributed by atoms with E-state index in [0.717, 1.165) is 44.9 Å². The number of unbranched alkanes of at least 4 members (excludes halogenated alkanes) is 33. The van der Waals surface area contributed by atoms with Crippen molar-refractivity contribution in [2.24, 2.45) is 0 Å². The Kier molecular flexibility index (Phi) is 48.0. The van der Waals surface area contributed by atoms with Crippen molar-refractivity contribution >= 4 is 11.9 Å². The Bertz CT molecular complexity index is 966. The lowest BCUT2D eigenvalue weighted by molar-refractivity contribution is -0.150. The number of hydrogen-bond donors (Lipinski definition) is 3. The molecule has 0 fully saturated rings. The molecule has 0 saturated carbocycles. The van der Waals surface area contributed by atoms with Crippen LogP contribution < -0.4 is 5.32 Å². The van der Waals surface area contributed by atoms with Gasteiger partial charge in [0.25, 0.3) is 0 Å². The van der Waals surface area contributed by atoms with Crippen molar-refractivity contribution in [2.45, 2.75) is 309 Å². The Labute approximate surface area is 380 Å². The van der Waals surface area contributed by atoms with Crippen molar-refractivity contribution in [2.75, 3.05) is 6.61 Å². The van der Waals surface area contributed by atoms with Crippen LogP contribution in [-0.4, -0.2) is 46.9 Å². The molecule has 0 aromatic rings. The molecule has 0 radical (unpaired) electrons. The molecule has 61 heavy (non-hydrogen) atoms. The standard InChI is InChI=1S/C55H105NO5/c1-4-7-10-13-16-19-22-25-26-27-28-30-31-34-37-40-43-46-51(61-55(60)48-45-42-39-36-33-29-23-20-17-14-11-8-5-2)49-54(59)56-52(50-57)53(58)47-44-41-38-35-32-24-21-18-15-12-9-6-3/h29,33,39,42,51-53,57-58H,4-28,30-32,34-38,40-41,43-50H2,1-3H3,(H,56,59)/b33-29-,42-39+. The summed E-state index contributed by atoms with van der Waals surface area (Å²) in [6.45, 7) is 6.49. The number of ether oxygens (including phenoxy) is 1.